The molecule has 2 aromatic carbocycles. The molecule has 1 nitrogen and oxygen atoms in total. The molecule has 1 atom stereocenters. The van der Waals surface area contributed by atoms with Crippen molar-refractivity contribution in [2.24, 2.45) is 0 Å². The van der Waals surface area contributed by atoms with Crippen LogP contribution in [0, 0.1) is 11.8 Å². The second kappa shape index (κ2) is 6.30. The number of hydrogen-bond donors (Lipinski definition) is 1. The fourth-order valence-corrected chi connectivity index (χ4v) is 1.73. The standard InChI is InChI=1S/C16H14NS/c1-13(17-18)16-11-9-15(10-12-16)8-7-14-5-3-2-4-6-14/h2-6,9-13,17H,1H3/t13-/m1/s1. The SMILES string of the molecule is C[C@@H](N[S])c1ccc(C#Cc2ccccc2)cc1. The van der Waals surface area contributed by atoms with Gasteiger partial charge >= 0.3 is 0 Å². The third-order valence-corrected chi connectivity index (χ3v) is 3.07. The highest BCUT2D eigenvalue weighted by Crippen LogP contribution is 2.13. The molecule has 0 bridgehead atoms. The Balaban J connectivity index is 2.14. The van der Waals surface area contributed by atoms with Gasteiger partial charge in [-0.05, 0) is 36.8 Å². The van der Waals surface area contributed by atoms with Crippen LogP contribution in [0.25, 0.3) is 0 Å². The maximum Gasteiger partial charge on any atom is 0.0401 e. The average Bonchev–Trinajstić information content (AvgIpc) is 2.46. The van der Waals surface area contributed by atoms with Gasteiger partial charge in [-0.1, -0.05) is 42.2 Å². The Morgan fingerprint density at radius 1 is 0.889 bits per heavy atom. The molecule has 0 aromatic heterocycles. The van der Waals surface area contributed by atoms with Gasteiger partial charge in [0, 0.05) is 30.0 Å². The van der Waals surface area contributed by atoms with Gasteiger partial charge in [0.1, 0.15) is 0 Å². The zero-order valence-corrected chi connectivity index (χ0v) is 11.0. The summed E-state index contributed by atoms with van der Waals surface area (Å²) in [5.74, 6) is 6.29. The van der Waals surface area contributed by atoms with E-state index in [1.54, 1.807) is 0 Å². The van der Waals surface area contributed by atoms with Crippen molar-refractivity contribution in [2.75, 3.05) is 0 Å². The van der Waals surface area contributed by atoms with Crippen molar-refractivity contribution < 1.29 is 0 Å². The topological polar surface area (TPSA) is 12.0 Å². The van der Waals surface area contributed by atoms with E-state index in [1.165, 1.54) is 5.56 Å². The van der Waals surface area contributed by atoms with Gasteiger partial charge in [0.25, 0.3) is 0 Å². The van der Waals surface area contributed by atoms with Crippen LogP contribution in [0.3, 0.4) is 0 Å². The minimum atomic E-state index is 0.191. The highest BCUT2D eigenvalue weighted by Gasteiger charge is 2.01. The lowest BCUT2D eigenvalue weighted by Crippen LogP contribution is -2.06. The van der Waals surface area contributed by atoms with E-state index < -0.39 is 0 Å². The maximum absolute atomic E-state index is 4.83. The predicted octanol–water partition coefficient (Wildman–Crippen LogP) is 3.85. The van der Waals surface area contributed by atoms with Crippen LogP contribution in [0.4, 0.5) is 0 Å². The van der Waals surface area contributed by atoms with Gasteiger partial charge in [0.2, 0.25) is 0 Å². The first-order valence-corrected chi connectivity index (χ1v) is 6.25. The van der Waals surface area contributed by atoms with Crippen LogP contribution in [0.15, 0.2) is 54.6 Å². The van der Waals surface area contributed by atoms with Gasteiger partial charge in [-0.3, -0.25) is 0 Å². The van der Waals surface area contributed by atoms with Crippen molar-refractivity contribution in [3.05, 3.63) is 71.3 Å². The zero-order chi connectivity index (χ0) is 12.8. The van der Waals surface area contributed by atoms with Crippen LogP contribution in [0.2, 0.25) is 0 Å². The molecule has 0 aliphatic carbocycles. The summed E-state index contributed by atoms with van der Waals surface area (Å²) in [7, 11) is 0. The molecule has 2 heteroatoms. The Morgan fingerprint density at radius 3 is 2.00 bits per heavy atom. The zero-order valence-electron chi connectivity index (χ0n) is 10.2. The molecule has 2 rings (SSSR count). The summed E-state index contributed by atoms with van der Waals surface area (Å²) in [4.78, 5) is 0. The van der Waals surface area contributed by atoms with Gasteiger partial charge in [-0.2, -0.15) is 0 Å². The molecule has 0 amide bonds. The first-order chi connectivity index (χ1) is 8.79. The Kier molecular flexibility index (Phi) is 4.46. The highest BCUT2D eigenvalue weighted by atomic mass is 32.1. The smallest absolute Gasteiger partial charge is 0.0401 e. The average molecular weight is 252 g/mol. The van der Waals surface area contributed by atoms with Gasteiger partial charge < -0.3 is 0 Å². The predicted molar refractivity (Wildman–Crippen MR) is 78.0 cm³/mol. The second-order valence-corrected chi connectivity index (χ2v) is 4.31. The molecule has 2 aromatic rings. The van der Waals surface area contributed by atoms with Crippen LogP contribution >= 0.6 is 12.8 Å². The molecular formula is C16H14NS. The van der Waals surface area contributed by atoms with Crippen molar-refractivity contribution >= 4 is 12.8 Å². The molecular weight excluding hydrogens is 238 g/mol. The van der Waals surface area contributed by atoms with Crippen LogP contribution in [-0.4, -0.2) is 0 Å². The van der Waals surface area contributed by atoms with Gasteiger partial charge in [0.15, 0.2) is 0 Å². The fraction of sp³-hybridized carbons (Fsp3) is 0.125. The summed E-state index contributed by atoms with van der Waals surface area (Å²) in [5, 5.41) is 0. The van der Waals surface area contributed by atoms with E-state index in [0.717, 1.165) is 11.1 Å². The molecule has 0 saturated heterocycles. The van der Waals surface area contributed by atoms with Gasteiger partial charge in [-0.15, -0.1) is 0 Å². The Bertz CT molecular complexity index is 549. The Morgan fingerprint density at radius 2 is 1.44 bits per heavy atom. The third-order valence-electron chi connectivity index (χ3n) is 2.71. The molecule has 1 N–H and O–H groups in total. The lowest BCUT2D eigenvalue weighted by molar-refractivity contribution is 0.759. The van der Waals surface area contributed by atoms with Crippen LogP contribution in [0.1, 0.15) is 29.7 Å². The number of benzene rings is 2. The van der Waals surface area contributed by atoms with E-state index in [2.05, 4.69) is 28.7 Å². The fourth-order valence-electron chi connectivity index (χ4n) is 1.59. The molecule has 89 valence electrons. The lowest BCUT2D eigenvalue weighted by atomic mass is 10.1. The Hall–Kier alpha value is -1.69. The van der Waals surface area contributed by atoms with E-state index in [1.807, 2.05) is 49.4 Å². The molecule has 0 saturated carbocycles. The van der Waals surface area contributed by atoms with E-state index in [9.17, 15) is 0 Å². The maximum atomic E-state index is 4.83. The van der Waals surface area contributed by atoms with Gasteiger partial charge in [-0.25, -0.2) is 4.72 Å². The van der Waals surface area contributed by atoms with Crippen molar-refractivity contribution in [2.45, 2.75) is 13.0 Å². The van der Waals surface area contributed by atoms with Crippen molar-refractivity contribution in [1.82, 2.24) is 4.72 Å². The molecule has 0 spiro atoms. The minimum absolute atomic E-state index is 0.191. The number of rotatable bonds is 2. The molecule has 1 radical (unpaired) electrons. The summed E-state index contributed by atoms with van der Waals surface area (Å²) >= 11 is 4.83. The molecule has 0 heterocycles. The second-order valence-electron chi connectivity index (χ2n) is 4.08. The quantitative estimate of drug-likeness (QED) is 0.801. The summed E-state index contributed by atoms with van der Waals surface area (Å²) < 4.78 is 2.81. The van der Waals surface area contributed by atoms with E-state index >= 15 is 0 Å². The first kappa shape index (κ1) is 12.8. The number of nitrogens with one attached hydrogen (secondary N) is 1. The van der Waals surface area contributed by atoms with Crippen molar-refractivity contribution in [3.8, 4) is 11.8 Å². The summed E-state index contributed by atoms with van der Waals surface area (Å²) in [6, 6.07) is 18.3. The molecule has 0 unspecified atom stereocenters. The van der Waals surface area contributed by atoms with Crippen LogP contribution < -0.4 is 4.72 Å². The summed E-state index contributed by atoms with van der Waals surface area (Å²) in [5.41, 5.74) is 3.22. The van der Waals surface area contributed by atoms with E-state index in [0.29, 0.717) is 0 Å². The minimum Gasteiger partial charge on any atom is -0.246 e. The molecule has 0 fully saturated rings. The van der Waals surface area contributed by atoms with E-state index in [-0.39, 0.29) is 6.04 Å². The summed E-state index contributed by atoms with van der Waals surface area (Å²) in [6.45, 7) is 2.04. The normalized spacial score (nSPS) is 11.4. The van der Waals surface area contributed by atoms with Crippen molar-refractivity contribution in [3.63, 3.8) is 0 Å². The molecule has 0 aliphatic rings. The van der Waals surface area contributed by atoms with Gasteiger partial charge in [0.05, 0.1) is 0 Å². The summed E-state index contributed by atoms with van der Waals surface area (Å²) in [6.07, 6.45) is 0. The number of hydrogen-bond acceptors (Lipinski definition) is 1. The van der Waals surface area contributed by atoms with Crippen molar-refractivity contribution in [1.29, 1.82) is 0 Å². The molecule has 0 aliphatic heterocycles. The van der Waals surface area contributed by atoms with Crippen LogP contribution in [0.5, 0.6) is 0 Å². The highest BCUT2D eigenvalue weighted by molar-refractivity contribution is 7.78. The molecule has 18 heavy (non-hydrogen) atoms. The van der Waals surface area contributed by atoms with Crippen LogP contribution in [-0.2, 0) is 0 Å². The lowest BCUT2D eigenvalue weighted by Gasteiger charge is -2.08. The Labute approximate surface area is 114 Å². The van der Waals surface area contributed by atoms with E-state index in [4.69, 9.17) is 12.8 Å². The third kappa shape index (κ3) is 3.40. The monoisotopic (exact) mass is 252 g/mol. The first-order valence-electron chi connectivity index (χ1n) is 5.84. The largest absolute Gasteiger partial charge is 0.246 e.